The fraction of sp³-hybridized carbons (Fsp3) is 0.333. The van der Waals surface area contributed by atoms with E-state index < -0.39 is 0 Å². The molecule has 0 aliphatic rings. The van der Waals surface area contributed by atoms with E-state index in [0.29, 0.717) is 13.0 Å². The molecule has 3 rings (SSSR count). The van der Waals surface area contributed by atoms with Gasteiger partial charge < -0.3 is 10.4 Å². The number of anilines is 1. The van der Waals surface area contributed by atoms with Crippen LogP contribution in [0, 0.1) is 6.92 Å². The molecule has 0 amide bonds. The fourth-order valence-electron chi connectivity index (χ4n) is 2.72. The Labute approximate surface area is 140 Å². The third-order valence-corrected chi connectivity index (χ3v) is 4.96. The van der Waals surface area contributed by atoms with Crippen LogP contribution in [-0.4, -0.2) is 28.2 Å². The largest absolute Gasteiger partial charge is 0.396 e. The summed E-state index contributed by atoms with van der Waals surface area (Å²) < 4.78 is 0. The molecular formula is C18H21N3OS. The number of aliphatic hydroxyl groups excluding tert-OH is 1. The molecule has 0 fully saturated rings. The fourth-order valence-corrected chi connectivity index (χ4v) is 3.73. The van der Waals surface area contributed by atoms with Gasteiger partial charge in [-0.05, 0) is 30.9 Å². The zero-order valence-electron chi connectivity index (χ0n) is 13.5. The van der Waals surface area contributed by atoms with Gasteiger partial charge in [0.2, 0.25) is 0 Å². The van der Waals surface area contributed by atoms with Crippen LogP contribution in [0.15, 0.2) is 30.6 Å². The Kier molecular flexibility index (Phi) is 4.88. The molecule has 0 saturated heterocycles. The normalized spacial score (nSPS) is 11.1. The molecule has 0 atom stereocenters. The van der Waals surface area contributed by atoms with Crippen molar-refractivity contribution in [2.24, 2.45) is 0 Å². The summed E-state index contributed by atoms with van der Waals surface area (Å²) in [7, 11) is 0. The van der Waals surface area contributed by atoms with Crippen molar-refractivity contribution in [3.8, 4) is 11.1 Å². The van der Waals surface area contributed by atoms with Gasteiger partial charge in [0.1, 0.15) is 17.0 Å². The number of fused-ring (bicyclic) bond motifs is 1. The summed E-state index contributed by atoms with van der Waals surface area (Å²) in [6, 6.07) is 8.72. The number of aryl methyl sites for hydroxylation is 2. The molecule has 2 heterocycles. The van der Waals surface area contributed by atoms with Gasteiger partial charge in [-0.1, -0.05) is 31.2 Å². The van der Waals surface area contributed by atoms with E-state index in [4.69, 9.17) is 5.11 Å². The van der Waals surface area contributed by atoms with Crippen molar-refractivity contribution in [3.05, 3.63) is 41.0 Å². The van der Waals surface area contributed by atoms with Crippen molar-refractivity contribution in [2.75, 3.05) is 18.5 Å². The van der Waals surface area contributed by atoms with Crippen molar-refractivity contribution >= 4 is 27.4 Å². The number of hydrogen-bond donors (Lipinski definition) is 2. The molecule has 0 spiro atoms. The second-order valence-electron chi connectivity index (χ2n) is 5.49. The molecule has 23 heavy (non-hydrogen) atoms. The van der Waals surface area contributed by atoms with Crippen molar-refractivity contribution in [2.45, 2.75) is 26.7 Å². The first-order chi connectivity index (χ1) is 11.2. The highest BCUT2D eigenvalue weighted by molar-refractivity contribution is 7.19. The molecule has 120 valence electrons. The summed E-state index contributed by atoms with van der Waals surface area (Å²) in [5.41, 5.74) is 3.74. The topological polar surface area (TPSA) is 58.0 Å². The van der Waals surface area contributed by atoms with Crippen LogP contribution < -0.4 is 5.32 Å². The van der Waals surface area contributed by atoms with Gasteiger partial charge in [-0.3, -0.25) is 0 Å². The molecule has 0 aliphatic heterocycles. The monoisotopic (exact) mass is 327 g/mol. The summed E-state index contributed by atoms with van der Waals surface area (Å²) in [5, 5.41) is 13.4. The minimum absolute atomic E-state index is 0.176. The Hall–Kier alpha value is -1.98. The minimum atomic E-state index is 0.176. The summed E-state index contributed by atoms with van der Waals surface area (Å²) >= 11 is 1.70. The maximum Gasteiger partial charge on any atom is 0.138 e. The van der Waals surface area contributed by atoms with Gasteiger partial charge in [0, 0.05) is 23.6 Å². The Balaban J connectivity index is 2.09. The number of nitrogens with zero attached hydrogens (tertiary/aromatic N) is 2. The molecule has 5 heteroatoms. The zero-order chi connectivity index (χ0) is 16.2. The average Bonchev–Trinajstić information content (AvgIpc) is 2.92. The van der Waals surface area contributed by atoms with Gasteiger partial charge in [-0.15, -0.1) is 11.3 Å². The number of benzene rings is 1. The number of aromatic nitrogens is 2. The van der Waals surface area contributed by atoms with E-state index >= 15 is 0 Å². The van der Waals surface area contributed by atoms with Gasteiger partial charge in [-0.2, -0.15) is 0 Å². The summed E-state index contributed by atoms with van der Waals surface area (Å²) in [4.78, 5) is 11.1. The maximum absolute atomic E-state index is 8.97. The first kappa shape index (κ1) is 15.9. The van der Waals surface area contributed by atoms with Crippen LogP contribution in [0.1, 0.15) is 23.8 Å². The van der Waals surface area contributed by atoms with E-state index in [1.807, 2.05) is 0 Å². The van der Waals surface area contributed by atoms with Crippen LogP contribution >= 0.6 is 11.3 Å². The molecule has 3 aromatic rings. The molecule has 2 aromatic heterocycles. The highest BCUT2D eigenvalue weighted by Crippen LogP contribution is 2.40. The predicted octanol–water partition coefficient (Wildman–Crippen LogP) is 4.02. The molecule has 0 unspecified atom stereocenters. The molecule has 0 radical (unpaired) electrons. The smallest absolute Gasteiger partial charge is 0.138 e. The standard InChI is InChI=1S/C18H21N3OS/c1-3-13-5-7-14(8-6-13)15-12(2)23-18-16(15)17(20-11-21-18)19-9-4-10-22/h5-8,11,22H,3-4,9-10H2,1-2H3,(H,19,20,21). The molecule has 4 nitrogen and oxygen atoms in total. The second-order valence-corrected chi connectivity index (χ2v) is 6.69. The number of nitrogens with one attached hydrogen (secondary N) is 1. The SMILES string of the molecule is CCc1ccc(-c2c(C)sc3ncnc(NCCCO)c23)cc1. The Morgan fingerprint density at radius 3 is 2.65 bits per heavy atom. The van der Waals surface area contributed by atoms with Crippen molar-refractivity contribution in [1.29, 1.82) is 0 Å². The van der Waals surface area contributed by atoms with Gasteiger partial charge in [0.15, 0.2) is 0 Å². The van der Waals surface area contributed by atoms with Crippen LogP contribution in [0.25, 0.3) is 21.3 Å². The minimum Gasteiger partial charge on any atom is -0.396 e. The van der Waals surface area contributed by atoms with Gasteiger partial charge in [0.25, 0.3) is 0 Å². The van der Waals surface area contributed by atoms with Crippen LogP contribution in [0.5, 0.6) is 0 Å². The maximum atomic E-state index is 8.97. The molecule has 1 aromatic carbocycles. The average molecular weight is 327 g/mol. The highest BCUT2D eigenvalue weighted by Gasteiger charge is 2.16. The molecule has 0 bridgehead atoms. The van der Waals surface area contributed by atoms with Gasteiger partial charge in [-0.25, -0.2) is 9.97 Å². The molecule has 0 aliphatic carbocycles. The first-order valence-corrected chi connectivity index (χ1v) is 8.74. The van der Waals surface area contributed by atoms with E-state index in [9.17, 15) is 0 Å². The lowest BCUT2D eigenvalue weighted by atomic mass is 10.0. The number of rotatable bonds is 6. The Morgan fingerprint density at radius 1 is 1.17 bits per heavy atom. The van der Waals surface area contributed by atoms with E-state index in [2.05, 4.69) is 53.4 Å². The van der Waals surface area contributed by atoms with E-state index in [1.165, 1.54) is 21.6 Å². The number of hydrogen-bond acceptors (Lipinski definition) is 5. The third-order valence-electron chi connectivity index (χ3n) is 3.94. The van der Waals surface area contributed by atoms with Crippen LogP contribution in [0.4, 0.5) is 5.82 Å². The zero-order valence-corrected chi connectivity index (χ0v) is 14.3. The Bertz CT molecular complexity index is 796. The number of aliphatic hydroxyl groups is 1. The quantitative estimate of drug-likeness (QED) is 0.671. The lowest BCUT2D eigenvalue weighted by Gasteiger charge is -2.09. The summed E-state index contributed by atoms with van der Waals surface area (Å²) in [6.45, 7) is 5.17. The van der Waals surface area contributed by atoms with Crippen molar-refractivity contribution in [1.82, 2.24) is 9.97 Å². The Morgan fingerprint density at radius 2 is 1.96 bits per heavy atom. The molecule has 2 N–H and O–H groups in total. The van der Waals surface area contributed by atoms with Crippen LogP contribution in [0.2, 0.25) is 0 Å². The van der Waals surface area contributed by atoms with E-state index in [0.717, 1.165) is 22.5 Å². The van der Waals surface area contributed by atoms with Crippen LogP contribution in [0.3, 0.4) is 0 Å². The van der Waals surface area contributed by atoms with E-state index in [1.54, 1.807) is 17.7 Å². The van der Waals surface area contributed by atoms with E-state index in [-0.39, 0.29) is 6.61 Å². The summed E-state index contributed by atoms with van der Waals surface area (Å²) in [6.07, 6.45) is 3.35. The first-order valence-electron chi connectivity index (χ1n) is 7.92. The van der Waals surface area contributed by atoms with Crippen molar-refractivity contribution < 1.29 is 5.11 Å². The number of thiophene rings is 1. The molecular weight excluding hydrogens is 306 g/mol. The summed E-state index contributed by atoms with van der Waals surface area (Å²) in [5.74, 6) is 0.849. The lowest BCUT2D eigenvalue weighted by Crippen LogP contribution is -2.05. The highest BCUT2D eigenvalue weighted by atomic mass is 32.1. The third kappa shape index (κ3) is 3.21. The lowest BCUT2D eigenvalue weighted by molar-refractivity contribution is 0.292. The predicted molar refractivity (Wildman–Crippen MR) is 97.2 cm³/mol. The van der Waals surface area contributed by atoms with Crippen molar-refractivity contribution in [3.63, 3.8) is 0 Å². The van der Waals surface area contributed by atoms with Crippen LogP contribution in [-0.2, 0) is 6.42 Å². The second kappa shape index (κ2) is 7.06. The van der Waals surface area contributed by atoms with Gasteiger partial charge in [0.05, 0.1) is 5.39 Å². The van der Waals surface area contributed by atoms with Gasteiger partial charge >= 0.3 is 0 Å². The molecule has 0 saturated carbocycles.